The van der Waals surface area contributed by atoms with Crippen molar-refractivity contribution in [2.45, 2.75) is 34.2 Å². The largest absolute Gasteiger partial charge is 0.492 e. The van der Waals surface area contributed by atoms with Gasteiger partial charge in [-0.3, -0.25) is 9.10 Å². The molecular weight excluding hydrogens is 448 g/mol. The van der Waals surface area contributed by atoms with Crippen LogP contribution in [-0.2, 0) is 16.6 Å². The van der Waals surface area contributed by atoms with Crippen LogP contribution in [0.1, 0.15) is 38.2 Å². The highest BCUT2D eigenvalue weighted by Crippen LogP contribution is 2.23. The molecule has 0 aromatic heterocycles. The van der Waals surface area contributed by atoms with Crippen molar-refractivity contribution < 1.29 is 17.9 Å². The van der Waals surface area contributed by atoms with Crippen LogP contribution in [0.5, 0.6) is 5.75 Å². The lowest BCUT2D eigenvalue weighted by Crippen LogP contribution is -2.29. The Morgan fingerprint density at radius 2 is 1.53 bits per heavy atom. The molecule has 180 valence electrons. The smallest absolute Gasteiger partial charge is 0.251 e. The number of carbonyl (C=O) groups is 1. The summed E-state index contributed by atoms with van der Waals surface area (Å²) < 4.78 is 32.0. The minimum Gasteiger partial charge on any atom is -0.492 e. The maximum atomic E-state index is 12.5. The molecule has 0 fully saturated rings. The van der Waals surface area contributed by atoms with E-state index in [1.54, 1.807) is 24.3 Å². The van der Waals surface area contributed by atoms with Crippen LogP contribution in [0, 0.1) is 27.7 Å². The third-order valence-corrected chi connectivity index (χ3v) is 6.71. The molecule has 6 nitrogen and oxygen atoms in total. The van der Waals surface area contributed by atoms with Crippen molar-refractivity contribution in [2.75, 3.05) is 23.7 Å². The van der Waals surface area contributed by atoms with Crippen LogP contribution in [-0.4, -0.2) is 33.7 Å². The molecule has 7 heteroatoms. The van der Waals surface area contributed by atoms with E-state index in [1.807, 2.05) is 58.0 Å². The SMILES string of the molecule is Cc1cc(C)cc(OCCNC(=O)c2ccc(CN(c3ccc(C)c(C)c3)S(C)(=O)=O)cc2)c1. The number of benzene rings is 3. The predicted octanol–water partition coefficient (Wildman–Crippen LogP) is 4.70. The van der Waals surface area contributed by atoms with Crippen LogP contribution in [0.25, 0.3) is 0 Å². The van der Waals surface area contributed by atoms with Crippen LogP contribution in [0.3, 0.4) is 0 Å². The zero-order valence-corrected chi connectivity index (χ0v) is 21.2. The molecule has 3 rings (SSSR count). The van der Waals surface area contributed by atoms with Crippen LogP contribution < -0.4 is 14.4 Å². The first-order valence-electron chi connectivity index (χ1n) is 11.2. The Labute approximate surface area is 202 Å². The van der Waals surface area contributed by atoms with Gasteiger partial charge in [0.05, 0.1) is 25.0 Å². The second-order valence-corrected chi connectivity index (χ2v) is 10.6. The number of nitrogens with one attached hydrogen (secondary N) is 1. The maximum absolute atomic E-state index is 12.5. The van der Waals surface area contributed by atoms with E-state index in [2.05, 4.69) is 11.4 Å². The molecule has 0 radical (unpaired) electrons. The molecule has 0 aliphatic carbocycles. The Hall–Kier alpha value is -3.32. The van der Waals surface area contributed by atoms with Gasteiger partial charge in [0, 0.05) is 5.56 Å². The first kappa shape index (κ1) is 25.3. The molecule has 0 saturated heterocycles. The summed E-state index contributed by atoms with van der Waals surface area (Å²) in [6, 6.07) is 18.6. The zero-order valence-electron chi connectivity index (χ0n) is 20.4. The van der Waals surface area contributed by atoms with Gasteiger partial charge in [-0.1, -0.05) is 24.3 Å². The number of hydrogen-bond donors (Lipinski definition) is 1. The van der Waals surface area contributed by atoms with E-state index in [0.717, 1.165) is 33.6 Å². The van der Waals surface area contributed by atoms with Gasteiger partial charge in [-0.2, -0.15) is 0 Å². The topological polar surface area (TPSA) is 75.7 Å². The van der Waals surface area contributed by atoms with Gasteiger partial charge in [0.2, 0.25) is 10.0 Å². The van der Waals surface area contributed by atoms with E-state index in [0.29, 0.717) is 24.4 Å². The maximum Gasteiger partial charge on any atom is 0.251 e. The minimum absolute atomic E-state index is 0.187. The van der Waals surface area contributed by atoms with Gasteiger partial charge >= 0.3 is 0 Å². The summed E-state index contributed by atoms with van der Waals surface area (Å²) in [7, 11) is -3.48. The summed E-state index contributed by atoms with van der Waals surface area (Å²) in [5, 5.41) is 2.85. The van der Waals surface area contributed by atoms with Gasteiger partial charge in [-0.15, -0.1) is 0 Å². The lowest BCUT2D eigenvalue weighted by Gasteiger charge is -2.23. The van der Waals surface area contributed by atoms with E-state index in [1.165, 1.54) is 10.6 Å². The highest BCUT2D eigenvalue weighted by atomic mass is 32.2. The summed E-state index contributed by atoms with van der Waals surface area (Å²) in [4.78, 5) is 12.5. The molecule has 0 aliphatic heterocycles. The van der Waals surface area contributed by atoms with E-state index >= 15 is 0 Å². The normalized spacial score (nSPS) is 11.2. The molecule has 3 aromatic rings. The number of carbonyl (C=O) groups excluding carboxylic acids is 1. The van der Waals surface area contributed by atoms with Crippen molar-refractivity contribution in [3.8, 4) is 5.75 Å². The molecule has 0 bridgehead atoms. The molecule has 0 saturated carbocycles. The summed E-state index contributed by atoms with van der Waals surface area (Å²) in [5.74, 6) is 0.583. The van der Waals surface area contributed by atoms with Crippen LogP contribution in [0.15, 0.2) is 60.7 Å². The fraction of sp³-hybridized carbons (Fsp3) is 0.296. The Morgan fingerprint density at radius 3 is 2.12 bits per heavy atom. The molecule has 3 aromatic carbocycles. The Kier molecular flexibility index (Phi) is 7.99. The van der Waals surface area contributed by atoms with E-state index in [-0.39, 0.29) is 12.5 Å². The van der Waals surface area contributed by atoms with Crippen molar-refractivity contribution in [3.63, 3.8) is 0 Å². The lowest BCUT2D eigenvalue weighted by atomic mass is 10.1. The second-order valence-electron chi connectivity index (χ2n) is 8.66. The number of amides is 1. The molecule has 0 atom stereocenters. The number of aryl methyl sites for hydroxylation is 4. The first-order valence-corrected chi connectivity index (χ1v) is 13.0. The fourth-order valence-corrected chi connectivity index (χ4v) is 4.54. The summed E-state index contributed by atoms with van der Waals surface area (Å²) in [6.45, 7) is 8.91. The van der Waals surface area contributed by atoms with E-state index in [9.17, 15) is 13.2 Å². The van der Waals surface area contributed by atoms with Gasteiger partial charge in [-0.25, -0.2) is 8.42 Å². The third kappa shape index (κ3) is 6.84. The zero-order chi connectivity index (χ0) is 24.9. The van der Waals surface area contributed by atoms with E-state index in [4.69, 9.17) is 4.74 Å². The Morgan fingerprint density at radius 1 is 0.882 bits per heavy atom. The van der Waals surface area contributed by atoms with Crippen molar-refractivity contribution in [2.24, 2.45) is 0 Å². The number of hydrogen-bond acceptors (Lipinski definition) is 4. The van der Waals surface area contributed by atoms with Crippen molar-refractivity contribution >= 4 is 21.6 Å². The number of anilines is 1. The van der Waals surface area contributed by atoms with Crippen molar-refractivity contribution in [1.82, 2.24) is 5.32 Å². The van der Waals surface area contributed by atoms with Crippen molar-refractivity contribution in [3.05, 3.63) is 94.0 Å². The summed E-state index contributed by atoms with van der Waals surface area (Å²) in [5.41, 5.74) is 6.31. The first-order chi connectivity index (χ1) is 16.0. The van der Waals surface area contributed by atoms with Crippen LogP contribution >= 0.6 is 0 Å². The standard InChI is InChI=1S/C27H32N2O4S/c1-19-14-20(2)16-26(15-19)33-13-12-28-27(30)24-9-7-23(8-10-24)18-29(34(5,31)32)25-11-6-21(3)22(4)17-25/h6-11,14-17H,12-13,18H2,1-5H3,(H,28,30). The van der Waals surface area contributed by atoms with Gasteiger partial charge in [0.25, 0.3) is 5.91 Å². The van der Waals surface area contributed by atoms with Crippen molar-refractivity contribution in [1.29, 1.82) is 0 Å². The minimum atomic E-state index is -3.48. The highest BCUT2D eigenvalue weighted by molar-refractivity contribution is 7.92. The highest BCUT2D eigenvalue weighted by Gasteiger charge is 2.18. The predicted molar refractivity (Wildman–Crippen MR) is 137 cm³/mol. The van der Waals surface area contributed by atoms with Crippen LogP contribution in [0.4, 0.5) is 5.69 Å². The third-order valence-electron chi connectivity index (χ3n) is 5.57. The average Bonchev–Trinajstić information content (AvgIpc) is 2.76. The molecule has 34 heavy (non-hydrogen) atoms. The Balaban J connectivity index is 1.59. The molecule has 0 aliphatic rings. The summed E-state index contributed by atoms with van der Waals surface area (Å²) in [6.07, 6.45) is 1.20. The van der Waals surface area contributed by atoms with Gasteiger partial charge in [0.15, 0.2) is 0 Å². The molecule has 1 amide bonds. The van der Waals surface area contributed by atoms with E-state index < -0.39 is 10.0 Å². The van der Waals surface area contributed by atoms with Gasteiger partial charge in [-0.05, 0) is 91.9 Å². The quantitative estimate of drug-likeness (QED) is 0.451. The van der Waals surface area contributed by atoms with Gasteiger partial charge in [0.1, 0.15) is 12.4 Å². The van der Waals surface area contributed by atoms with Crippen LogP contribution in [0.2, 0.25) is 0 Å². The number of sulfonamides is 1. The summed E-state index contributed by atoms with van der Waals surface area (Å²) >= 11 is 0. The lowest BCUT2D eigenvalue weighted by molar-refractivity contribution is 0.0947. The molecule has 0 unspecified atom stereocenters. The monoisotopic (exact) mass is 480 g/mol. The Bertz CT molecular complexity index is 1250. The number of nitrogens with zero attached hydrogens (tertiary/aromatic N) is 1. The average molecular weight is 481 g/mol. The second kappa shape index (κ2) is 10.7. The number of ether oxygens (including phenoxy) is 1. The molecule has 1 N–H and O–H groups in total. The molecule has 0 heterocycles. The van der Waals surface area contributed by atoms with Gasteiger partial charge < -0.3 is 10.1 Å². The number of rotatable bonds is 9. The fourth-order valence-electron chi connectivity index (χ4n) is 3.66. The molecule has 0 spiro atoms. The molecular formula is C27H32N2O4S.